The summed E-state index contributed by atoms with van der Waals surface area (Å²) in [4.78, 5) is 21.3. The number of ether oxygens (including phenoxy) is 1. The fraction of sp³-hybridized carbons (Fsp3) is 0.250. The van der Waals surface area contributed by atoms with Gasteiger partial charge in [0.05, 0.1) is 11.5 Å². The van der Waals surface area contributed by atoms with E-state index in [1.54, 1.807) is 20.0 Å². The van der Waals surface area contributed by atoms with Gasteiger partial charge in [-0.1, -0.05) is 5.92 Å². The summed E-state index contributed by atoms with van der Waals surface area (Å²) in [5.41, 5.74) is 0.684. The van der Waals surface area contributed by atoms with Crippen molar-refractivity contribution < 1.29 is 14.5 Å². The molecular weight excluding hydrogens is 236 g/mol. The Morgan fingerprint density at radius 1 is 1.56 bits per heavy atom. The van der Waals surface area contributed by atoms with E-state index in [-0.39, 0.29) is 12.3 Å². The second kappa shape index (κ2) is 6.25. The van der Waals surface area contributed by atoms with Gasteiger partial charge in [-0.15, -0.1) is 0 Å². The molecule has 1 aromatic rings. The Bertz CT molecular complexity index is 529. The fourth-order valence-electron chi connectivity index (χ4n) is 1.26. The number of benzene rings is 1. The number of nitro groups is 1. The summed E-state index contributed by atoms with van der Waals surface area (Å²) in [5.74, 6) is 4.11. The van der Waals surface area contributed by atoms with Gasteiger partial charge in [-0.25, -0.2) is 4.79 Å². The molecule has 0 radical (unpaired) electrons. The van der Waals surface area contributed by atoms with Crippen LogP contribution in [0.1, 0.15) is 12.5 Å². The molecule has 0 heterocycles. The van der Waals surface area contributed by atoms with Crippen molar-refractivity contribution in [2.24, 2.45) is 0 Å². The molecule has 1 aromatic carbocycles. The van der Waals surface area contributed by atoms with Crippen LogP contribution in [0.25, 0.3) is 0 Å². The third-order valence-electron chi connectivity index (χ3n) is 2.05. The van der Waals surface area contributed by atoms with Crippen LogP contribution in [0.2, 0.25) is 0 Å². The molecule has 0 bridgehead atoms. The number of nitrogens with one attached hydrogen (secondary N) is 1. The van der Waals surface area contributed by atoms with Gasteiger partial charge < -0.3 is 10.1 Å². The molecule has 0 fully saturated rings. The van der Waals surface area contributed by atoms with Crippen molar-refractivity contribution in [3.05, 3.63) is 33.9 Å². The van der Waals surface area contributed by atoms with E-state index in [0.29, 0.717) is 11.3 Å². The van der Waals surface area contributed by atoms with Gasteiger partial charge in [-0.2, -0.15) is 0 Å². The van der Waals surface area contributed by atoms with E-state index in [0.717, 1.165) is 0 Å². The Hall–Kier alpha value is -2.55. The normalized spacial score (nSPS) is 9.00. The number of rotatable bonds is 3. The first-order valence-corrected chi connectivity index (χ1v) is 5.23. The van der Waals surface area contributed by atoms with Crippen LogP contribution in [0, 0.1) is 22.0 Å². The average molecular weight is 248 g/mol. The number of hydrogen-bond donors (Lipinski definition) is 1. The molecule has 0 saturated heterocycles. The Morgan fingerprint density at radius 2 is 2.28 bits per heavy atom. The Morgan fingerprint density at radius 3 is 2.83 bits per heavy atom. The summed E-state index contributed by atoms with van der Waals surface area (Å²) in [7, 11) is 1.59. The molecule has 0 spiro atoms. The number of hydrogen-bond acceptors (Lipinski definition) is 5. The minimum absolute atomic E-state index is 0.0897. The summed E-state index contributed by atoms with van der Waals surface area (Å²) in [6.07, 6.45) is 0. The number of carbonyl (C=O) groups excluding carboxylic acids is 1. The van der Waals surface area contributed by atoms with Crippen LogP contribution in [0.4, 0.5) is 11.4 Å². The zero-order chi connectivity index (χ0) is 13.5. The first-order valence-electron chi connectivity index (χ1n) is 5.23. The van der Waals surface area contributed by atoms with Crippen molar-refractivity contribution in [1.82, 2.24) is 0 Å². The zero-order valence-electron chi connectivity index (χ0n) is 10.0. The lowest BCUT2D eigenvalue weighted by Gasteiger charge is -2.01. The molecule has 6 nitrogen and oxygen atoms in total. The van der Waals surface area contributed by atoms with Crippen molar-refractivity contribution in [2.45, 2.75) is 6.92 Å². The van der Waals surface area contributed by atoms with Gasteiger partial charge in [0.2, 0.25) is 0 Å². The molecule has 0 aliphatic rings. The van der Waals surface area contributed by atoms with Crippen molar-refractivity contribution >= 4 is 17.3 Å². The predicted molar refractivity (Wildman–Crippen MR) is 66.2 cm³/mol. The van der Waals surface area contributed by atoms with Crippen molar-refractivity contribution in [3.63, 3.8) is 0 Å². The summed E-state index contributed by atoms with van der Waals surface area (Å²) in [5, 5.41) is 13.5. The third kappa shape index (κ3) is 3.49. The van der Waals surface area contributed by atoms with Gasteiger partial charge in [0, 0.05) is 24.6 Å². The number of carbonyl (C=O) groups is 1. The lowest BCUT2D eigenvalue weighted by Crippen LogP contribution is -2.00. The van der Waals surface area contributed by atoms with Crippen LogP contribution < -0.4 is 5.32 Å². The smallest absolute Gasteiger partial charge is 0.384 e. The number of nitrogens with zero attached hydrogens (tertiary/aromatic N) is 1. The van der Waals surface area contributed by atoms with Crippen LogP contribution in [-0.2, 0) is 9.53 Å². The van der Waals surface area contributed by atoms with Crippen molar-refractivity contribution in [3.8, 4) is 11.8 Å². The van der Waals surface area contributed by atoms with Crippen molar-refractivity contribution in [2.75, 3.05) is 19.0 Å². The van der Waals surface area contributed by atoms with E-state index >= 15 is 0 Å². The summed E-state index contributed by atoms with van der Waals surface area (Å²) in [6.45, 7) is 1.92. The summed E-state index contributed by atoms with van der Waals surface area (Å²) >= 11 is 0. The molecule has 6 heteroatoms. The summed E-state index contributed by atoms with van der Waals surface area (Å²) in [6, 6.07) is 4.43. The number of anilines is 1. The first kappa shape index (κ1) is 13.5. The third-order valence-corrected chi connectivity index (χ3v) is 2.05. The molecule has 1 N–H and O–H groups in total. The molecular formula is C12H12N2O4. The molecule has 0 aromatic heterocycles. The van der Waals surface area contributed by atoms with Crippen LogP contribution in [0.3, 0.4) is 0 Å². The molecule has 0 atom stereocenters. The molecule has 18 heavy (non-hydrogen) atoms. The zero-order valence-corrected chi connectivity index (χ0v) is 10.0. The molecule has 0 saturated carbocycles. The van der Waals surface area contributed by atoms with Gasteiger partial charge in [0.25, 0.3) is 5.69 Å². The SMILES string of the molecule is CCOC(=O)C#Cc1ccc(NC)c([N+](=O)[O-])c1. The largest absolute Gasteiger partial charge is 0.456 e. The van der Waals surface area contributed by atoms with E-state index in [2.05, 4.69) is 21.9 Å². The van der Waals surface area contributed by atoms with Gasteiger partial charge in [0.15, 0.2) is 0 Å². The minimum atomic E-state index is -0.655. The molecule has 0 unspecified atom stereocenters. The number of nitro benzene ring substituents is 1. The standard InChI is InChI=1S/C12H12N2O4/c1-3-18-12(15)7-5-9-4-6-10(13-2)11(8-9)14(16)17/h4,6,8,13H,3H2,1-2H3. The topological polar surface area (TPSA) is 81.5 Å². The second-order valence-electron chi connectivity index (χ2n) is 3.21. The number of esters is 1. The maximum atomic E-state index is 11.0. The summed E-state index contributed by atoms with van der Waals surface area (Å²) < 4.78 is 4.63. The van der Waals surface area contributed by atoms with Gasteiger partial charge >= 0.3 is 5.97 Å². The van der Waals surface area contributed by atoms with Gasteiger partial charge in [-0.3, -0.25) is 10.1 Å². The first-order chi connectivity index (χ1) is 8.58. The molecule has 0 amide bonds. The molecule has 1 rings (SSSR count). The quantitative estimate of drug-likeness (QED) is 0.380. The monoisotopic (exact) mass is 248 g/mol. The van der Waals surface area contributed by atoms with E-state index in [4.69, 9.17) is 0 Å². The Labute approximate surface area is 104 Å². The van der Waals surface area contributed by atoms with Crippen LogP contribution >= 0.6 is 0 Å². The van der Waals surface area contributed by atoms with Crippen LogP contribution in [0.15, 0.2) is 18.2 Å². The van der Waals surface area contributed by atoms with Gasteiger partial charge in [0.1, 0.15) is 5.69 Å². The fourth-order valence-corrected chi connectivity index (χ4v) is 1.26. The van der Waals surface area contributed by atoms with Crippen LogP contribution in [-0.4, -0.2) is 24.5 Å². The van der Waals surface area contributed by atoms with E-state index in [1.807, 2.05) is 0 Å². The van der Waals surface area contributed by atoms with Crippen molar-refractivity contribution in [1.29, 1.82) is 0 Å². The molecule has 94 valence electrons. The highest BCUT2D eigenvalue weighted by molar-refractivity contribution is 5.89. The van der Waals surface area contributed by atoms with E-state index < -0.39 is 10.9 Å². The average Bonchev–Trinajstić information content (AvgIpc) is 2.36. The highest BCUT2D eigenvalue weighted by atomic mass is 16.6. The van der Waals surface area contributed by atoms with E-state index in [9.17, 15) is 14.9 Å². The van der Waals surface area contributed by atoms with Crippen LogP contribution in [0.5, 0.6) is 0 Å². The molecule has 0 aliphatic carbocycles. The molecule has 0 aliphatic heterocycles. The lowest BCUT2D eigenvalue weighted by molar-refractivity contribution is -0.384. The Balaban J connectivity index is 3.02. The van der Waals surface area contributed by atoms with E-state index in [1.165, 1.54) is 12.1 Å². The second-order valence-corrected chi connectivity index (χ2v) is 3.21. The van der Waals surface area contributed by atoms with Gasteiger partial charge in [-0.05, 0) is 19.1 Å². The highest BCUT2D eigenvalue weighted by Gasteiger charge is 2.12. The maximum Gasteiger partial charge on any atom is 0.384 e. The Kier molecular flexibility index (Phi) is 4.69. The highest BCUT2D eigenvalue weighted by Crippen LogP contribution is 2.24. The lowest BCUT2D eigenvalue weighted by atomic mass is 10.2. The maximum absolute atomic E-state index is 11.0. The minimum Gasteiger partial charge on any atom is -0.456 e. The predicted octanol–water partition coefficient (Wildman–Crippen LogP) is 1.55.